The normalized spacial score (nSPS) is 17.7. The molecule has 0 fully saturated rings. The number of nitrogens with zero attached hydrogens (tertiary/aromatic N) is 1. The molecule has 2 aromatic carbocycles. The van der Waals surface area contributed by atoms with E-state index >= 15 is 0 Å². The third-order valence-corrected chi connectivity index (χ3v) is 5.60. The van der Waals surface area contributed by atoms with Crippen LogP contribution >= 0.6 is 0 Å². The van der Waals surface area contributed by atoms with E-state index in [1.54, 1.807) is 0 Å². The van der Waals surface area contributed by atoms with Gasteiger partial charge in [-0.3, -0.25) is 4.98 Å². The first-order chi connectivity index (χ1) is 17.8. The van der Waals surface area contributed by atoms with Gasteiger partial charge in [0.05, 0.1) is 90.7 Å². The summed E-state index contributed by atoms with van der Waals surface area (Å²) in [7, 11) is 0. The van der Waals surface area contributed by atoms with Gasteiger partial charge in [0.15, 0.2) is 0 Å². The average Bonchev–Trinajstić information content (AvgIpc) is 2.91. The Bertz CT molecular complexity index is 930. The Hall–Kier alpha value is -2.65. The first-order valence-corrected chi connectivity index (χ1v) is 12.4. The fraction of sp³-hybridized carbons (Fsp3) is 0.414. The molecule has 5 heterocycles. The van der Waals surface area contributed by atoms with Crippen molar-refractivity contribution in [2.45, 2.75) is 39.6 Å². The second-order valence-corrected chi connectivity index (χ2v) is 8.57. The van der Waals surface area contributed by atoms with Crippen LogP contribution in [0.4, 0.5) is 0 Å². The minimum Gasteiger partial charge on any atom is -0.377 e. The summed E-state index contributed by atoms with van der Waals surface area (Å²) in [5, 5.41) is 0. The minimum atomic E-state index is 0.452. The number of pyridine rings is 1. The lowest BCUT2D eigenvalue weighted by Gasteiger charge is -2.09. The van der Waals surface area contributed by atoms with Crippen molar-refractivity contribution in [3.05, 3.63) is 100 Å². The van der Waals surface area contributed by atoms with Gasteiger partial charge in [0.25, 0.3) is 0 Å². The summed E-state index contributed by atoms with van der Waals surface area (Å²) in [5.41, 5.74) is 6.25. The Balaban J connectivity index is 1.29. The van der Waals surface area contributed by atoms with Crippen molar-refractivity contribution >= 4 is 0 Å². The van der Waals surface area contributed by atoms with Crippen molar-refractivity contribution in [1.29, 1.82) is 0 Å². The molecule has 0 unspecified atom stereocenters. The highest BCUT2D eigenvalue weighted by molar-refractivity contribution is 5.22. The molecule has 7 rings (SSSR count). The van der Waals surface area contributed by atoms with E-state index in [-0.39, 0.29) is 0 Å². The summed E-state index contributed by atoms with van der Waals surface area (Å²) in [4.78, 5) is 4.66. The molecule has 3 aromatic rings. The van der Waals surface area contributed by atoms with E-state index in [0.29, 0.717) is 79.3 Å². The molecule has 0 aliphatic carbocycles. The molecular formula is C29H35NO6. The van der Waals surface area contributed by atoms with Gasteiger partial charge in [-0.05, 0) is 34.4 Å². The second kappa shape index (κ2) is 15.5. The zero-order chi connectivity index (χ0) is 24.7. The summed E-state index contributed by atoms with van der Waals surface area (Å²) >= 11 is 0. The molecule has 0 N–H and O–H groups in total. The molecular weight excluding hydrogens is 458 g/mol. The zero-order valence-electron chi connectivity index (χ0n) is 20.7. The van der Waals surface area contributed by atoms with Crippen molar-refractivity contribution in [2.75, 3.05) is 39.6 Å². The maximum Gasteiger partial charge on any atom is 0.0892 e. The molecule has 4 aliphatic rings. The lowest BCUT2D eigenvalue weighted by Crippen LogP contribution is -2.11. The highest BCUT2D eigenvalue weighted by Gasteiger charge is 2.03. The van der Waals surface area contributed by atoms with Crippen LogP contribution in [0, 0.1) is 0 Å². The van der Waals surface area contributed by atoms with Crippen LogP contribution < -0.4 is 0 Å². The molecule has 1 aromatic heterocycles. The van der Waals surface area contributed by atoms with Crippen LogP contribution in [-0.4, -0.2) is 44.6 Å². The third-order valence-electron chi connectivity index (χ3n) is 5.60. The predicted molar refractivity (Wildman–Crippen MR) is 135 cm³/mol. The Kier molecular flexibility index (Phi) is 11.3. The molecule has 0 saturated carbocycles. The fourth-order valence-corrected chi connectivity index (χ4v) is 3.64. The highest BCUT2D eigenvalue weighted by atomic mass is 16.6. The van der Waals surface area contributed by atoms with E-state index in [1.165, 1.54) is 0 Å². The van der Waals surface area contributed by atoms with E-state index in [1.807, 2.05) is 18.2 Å². The Labute approximate surface area is 213 Å². The molecule has 0 saturated heterocycles. The summed E-state index contributed by atoms with van der Waals surface area (Å²) in [6.07, 6.45) is 0. The van der Waals surface area contributed by atoms with E-state index in [4.69, 9.17) is 28.4 Å². The summed E-state index contributed by atoms with van der Waals surface area (Å²) in [6.45, 7) is 6.33. The van der Waals surface area contributed by atoms with Crippen LogP contribution in [0.1, 0.15) is 33.6 Å². The first-order valence-electron chi connectivity index (χ1n) is 12.4. The quantitative estimate of drug-likeness (QED) is 0.454. The van der Waals surface area contributed by atoms with E-state index in [0.717, 1.165) is 33.6 Å². The van der Waals surface area contributed by atoms with Gasteiger partial charge in [-0.1, -0.05) is 54.6 Å². The van der Waals surface area contributed by atoms with Gasteiger partial charge in [0.1, 0.15) is 0 Å². The van der Waals surface area contributed by atoms with Crippen LogP contribution in [0.3, 0.4) is 0 Å². The van der Waals surface area contributed by atoms with E-state index < -0.39 is 0 Å². The molecule has 0 spiro atoms. The van der Waals surface area contributed by atoms with Crippen molar-refractivity contribution in [1.82, 2.24) is 4.98 Å². The number of hydrogen-bond donors (Lipinski definition) is 0. The molecule has 7 nitrogen and oxygen atoms in total. The second-order valence-electron chi connectivity index (χ2n) is 8.57. The van der Waals surface area contributed by atoms with Crippen LogP contribution in [-0.2, 0) is 68.1 Å². The molecule has 4 aliphatic heterocycles. The van der Waals surface area contributed by atoms with Crippen LogP contribution in [0.5, 0.6) is 0 Å². The number of hydrogen-bond acceptors (Lipinski definition) is 7. The number of aromatic nitrogens is 1. The van der Waals surface area contributed by atoms with Gasteiger partial charge < -0.3 is 28.4 Å². The van der Waals surface area contributed by atoms with Crippen LogP contribution in [0.15, 0.2) is 66.7 Å². The maximum absolute atomic E-state index is 5.88. The van der Waals surface area contributed by atoms with Crippen molar-refractivity contribution in [2.24, 2.45) is 0 Å². The van der Waals surface area contributed by atoms with Gasteiger partial charge in [0, 0.05) is 0 Å². The summed E-state index contributed by atoms with van der Waals surface area (Å²) in [6, 6.07) is 22.5. The largest absolute Gasteiger partial charge is 0.377 e. The van der Waals surface area contributed by atoms with Gasteiger partial charge in [-0.15, -0.1) is 0 Å². The molecule has 0 amide bonds. The van der Waals surface area contributed by atoms with Crippen LogP contribution in [0.2, 0.25) is 0 Å². The van der Waals surface area contributed by atoms with Gasteiger partial charge >= 0.3 is 0 Å². The minimum absolute atomic E-state index is 0.452. The van der Waals surface area contributed by atoms with Crippen molar-refractivity contribution < 1.29 is 28.4 Å². The molecule has 192 valence electrons. The Morgan fingerprint density at radius 3 is 1.08 bits per heavy atom. The van der Waals surface area contributed by atoms with Gasteiger partial charge in [-0.25, -0.2) is 0 Å². The standard InChI is InChI=1S/C29H35NO6/c1-2-28-22-35-20-26-8-4-24(5-9-26)18-33-16-14-31-12-13-32-15-17-34-19-25-6-10-27(11-7-25)21-36-23-29(3-1)30-28/h1-11H,12-23H2. The molecule has 0 radical (unpaired) electrons. The predicted octanol–water partition coefficient (Wildman–Crippen LogP) is 4.60. The third kappa shape index (κ3) is 9.78. The fourth-order valence-electron chi connectivity index (χ4n) is 3.64. The average molecular weight is 494 g/mol. The van der Waals surface area contributed by atoms with Gasteiger partial charge in [0.2, 0.25) is 0 Å². The zero-order valence-corrected chi connectivity index (χ0v) is 20.7. The maximum atomic E-state index is 5.88. The Morgan fingerprint density at radius 1 is 0.361 bits per heavy atom. The SMILES string of the molecule is c1cc2nc(c1)COCc1ccc(cc1)COCCOCCOCCOCc1ccc(cc1)COC2. The Morgan fingerprint density at radius 2 is 0.694 bits per heavy atom. The molecule has 0 atom stereocenters. The highest BCUT2D eigenvalue weighted by Crippen LogP contribution is 2.11. The lowest BCUT2D eigenvalue weighted by atomic mass is 10.1. The molecule has 36 heavy (non-hydrogen) atoms. The topological polar surface area (TPSA) is 68.3 Å². The van der Waals surface area contributed by atoms with E-state index in [9.17, 15) is 0 Å². The first kappa shape index (κ1) is 26.4. The smallest absolute Gasteiger partial charge is 0.0892 e. The van der Waals surface area contributed by atoms with E-state index in [2.05, 4.69) is 53.5 Å². The molecule has 6 bridgehead atoms. The molecule has 7 heteroatoms. The van der Waals surface area contributed by atoms with Crippen molar-refractivity contribution in [3.63, 3.8) is 0 Å². The summed E-state index contributed by atoms with van der Waals surface area (Å²) < 4.78 is 34.3. The number of benzene rings is 2. The van der Waals surface area contributed by atoms with Gasteiger partial charge in [-0.2, -0.15) is 0 Å². The summed E-state index contributed by atoms with van der Waals surface area (Å²) in [5.74, 6) is 0. The number of rotatable bonds is 0. The van der Waals surface area contributed by atoms with Crippen LogP contribution in [0.25, 0.3) is 0 Å². The lowest BCUT2D eigenvalue weighted by molar-refractivity contribution is -0.00619. The van der Waals surface area contributed by atoms with Crippen molar-refractivity contribution in [3.8, 4) is 0 Å². The monoisotopic (exact) mass is 493 g/mol. The number of ether oxygens (including phenoxy) is 6.